The lowest BCUT2D eigenvalue weighted by Crippen LogP contribution is -2.41. The highest BCUT2D eigenvalue weighted by molar-refractivity contribution is 6.47. The Morgan fingerprint density at radius 1 is 1.05 bits per heavy atom. The third-order valence-corrected chi connectivity index (χ3v) is 4.36. The largest absolute Gasteiger partial charge is 0.480 e. The van der Waals surface area contributed by atoms with Crippen molar-refractivity contribution in [3.63, 3.8) is 0 Å². The van der Waals surface area contributed by atoms with Crippen LogP contribution in [-0.4, -0.2) is 18.3 Å². The Kier molecular flexibility index (Phi) is 3.54. The molecule has 1 aromatic carbocycles. The van der Waals surface area contributed by atoms with E-state index in [1.54, 1.807) is 0 Å². The Morgan fingerprint density at radius 3 is 2.11 bits per heavy atom. The van der Waals surface area contributed by atoms with Crippen molar-refractivity contribution >= 4 is 7.12 Å². The van der Waals surface area contributed by atoms with Crippen LogP contribution in [0.15, 0.2) is 18.2 Å². The van der Waals surface area contributed by atoms with Gasteiger partial charge >= 0.3 is 7.12 Å². The fraction of sp³-hybridized carbons (Fsp3) is 0.600. The van der Waals surface area contributed by atoms with Gasteiger partial charge in [0.05, 0.1) is 17.1 Å². The Labute approximate surface area is 116 Å². The van der Waals surface area contributed by atoms with Crippen molar-refractivity contribution in [3.8, 4) is 0 Å². The lowest BCUT2D eigenvalue weighted by atomic mass is 9.73. The van der Waals surface area contributed by atoms with Gasteiger partial charge in [-0.3, -0.25) is 0 Å². The zero-order valence-electron chi connectivity index (χ0n) is 12.8. The molecule has 0 aliphatic carbocycles. The fourth-order valence-corrected chi connectivity index (χ4v) is 2.30. The molecule has 0 radical (unpaired) electrons. The summed E-state index contributed by atoms with van der Waals surface area (Å²) >= 11 is 0. The van der Waals surface area contributed by atoms with E-state index < -0.39 is 7.12 Å². The van der Waals surface area contributed by atoms with Gasteiger partial charge in [-0.2, -0.15) is 0 Å². The second-order valence-electron chi connectivity index (χ2n) is 6.51. The van der Waals surface area contributed by atoms with Crippen LogP contribution in [0.1, 0.15) is 50.3 Å². The van der Waals surface area contributed by atoms with E-state index in [9.17, 15) is 0 Å². The monoisotopic (exact) mass is 261 g/mol. The first-order chi connectivity index (χ1) is 8.64. The highest BCUT2D eigenvalue weighted by atomic mass is 16.7. The van der Waals surface area contributed by atoms with Crippen molar-refractivity contribution in [1.82, 2.24) is 0 Å². The van der Waals surface area contributed by atoms with Crippen LogP contribution in [0.3, 0.4) is 0 Å². The summed E-state index contributed by atoms with van der Waals surface area (Å²) in [6.45, 7) is 12.3. The summed E-state index contributed by atoms with van der Waals surface area (Å²) in [7, 11) is -0.398. The van der Waals surface area contributed by atoms with Gasteiger partial charge in [0.25, 0.3) is 0 Å². The Hall–Kier alpha value is -0.835. The van der Waals surface area contributed by atoms with Crippen molar-refractivity contribution in [1.29, 1.82) is 0 Å². The van der Waals surface area contributed by atoms with Crippen LogP contribution in [0.25, 0.3) is 0 Å². The average molecular weight is 261 g/mol. The molecule has 2 N–H and O–H groups in total. The Morgan fingerprint density at radius 2 is 1.58 bits per heavy atom. The molecule has 1 atom stereocenters. The van der Waals surface area contributed by atoms with E-state index in [-0.39, 0.29) is 17.1 Å². The molecular formula is C15H24BNO2. The Bertz CT molecular complexity index is 469. The van der Waals surface area contributed by atoms with Crippen LogP contribution in [0.4, 0.5) is 0 Å². The quantitative estimate of drug-likeness (QED) is 0.832. The van der Waals surface area contributed by atoms with Gasteiger partial charge in [0.15, 0.2) is 0 Å². The molecule has 19 heavy (non-hydrogen) atoms. The van der Waals surface area contributed by atoms with Crippen LogP contribution in [0.2, 0.25) is 0 Å². The summed E-state index contributed by atoms with van der Waals surface area (Å²) in [6.07, 6.45) is 0. The minimum Gasteiger partial charge on any atom is -0.402 e. The number of nitrogens with two attached hydrogens (primary N) is 1. The summed E-state index contributed by atoms with van der Waals surface area (Å²) in [5, 5.41) is 0. The zero-order chi connectivity index (χ0) is 14.4. The molecule has 104 valence electrons. The second kappa shape index (κ2) is 4.62. The van der Waals surface area contributed by atoms with E-state index in [0.29, 0.717) is 0 Å². The molecule has 0 saturated carbocycles. The molecule has 4 heteroatoms. The van der Waals surface area contributed by atoms with E-state index in [2.05, 4.69) is 32.0 Å². The summed E-state index contributed by atoms with van der Waals surface area (Å²) < 4.78 is 12.1. The highest BCUT2D eigenvalue weighted by Crippen LogP contribution is 2.39. The maximum absolute atomic E-state index is 6.36. The van der Waals surface area contributed by atoms with E-state index in [1.165, 1.54) is 11.1 Å². The Balaban J connectivity index is 2.27. The van der Waals surface area contributed by atoms with Gasteiger partial charge in [-0.1, -0.05) is 23.8 Å². The first kappa shape index (κ1) is 14.6. The molecule has 2 rings (SSSR count). The van der Waals surface area contributed by atoms with Crippen molar-refractivity contribution in [2.75, 3.05) is 0 Å². The maximum atomic E-state index is 6.36. The van der Waals surface area contributed by atoms with E-state index in [1.807, 2.05) is 27.7 Å². The van der Waals surface area contributed by atoms with Crippen LogP contribution < -0.4 is 5.73 Å². The molecule has 3 nitrogen and oxygen atoms in total. The average Bonchev–Trinajstić information content (AvgIpc) is 2.51. The van der Waals surface area contributed by atoms with Crippen molar-refractivity contribution in [2.45, 2.75) is 58.7 Å². The predicted molar refractivity (Wildman–Crippen MR) is 78.9 cm³/mol. The first-order valence-corrected chi connectivity index (χ1v) is 6.82. The molecule has 1 aliphatic rings. The highest BCUT2D eigenvalue weighted by Gasteiger charge is 2.53. The van der Waals surface area contributed by atoms with Crippen LogP contribution in [0.5, 0.6) is 0 Å². The standard InChI is InChI=1S/C15H24BNO2/c1-10-7-8-11(2)12(9-10)13(17)16-18-14(3,4)15(5,6)19-16/h7-9,13H,17H2,1-6H3. The maximum Gasteiger partial charge on any atom is 0.480 e. The van der Waals surface area contributed by atoms with Gasteiger partial charge in [0.2, 0.25) is 0 Å². The SMILES string of the molecule is Cc1ccc(C)c(C(N)B2OC(C)(C)C(C)(C)O2)c1. The zero-order valence-corrected chi connectivity index (χ0v) is 12.8. The number of hydrogen-bond donors (Lipinski definition) is 1. The van der Waals surface area contributed by atoms with Crippen molar-refractivity contribution < 1.29 is 9.31 Å². The van der Waals surface area contributed by atoms with Gasteiger partial charge in [0, 0.05) is 0 Å². The third kappa shape index (κ3) is 2.57. The lowest BCUT2D eigenvalue weighted by molar-refractivity contribution is 0.00578. The molecule has 1 aliphatic heterocycles. The number of benzene rings is 1. The molecule has 1 saturated heterocycles. The molecule has 1 aromatic rings. The first-order valence-electron chi connectivity index (χ1n) is 6.82. The van der Waals surface area contributed by atoms with Crippen LogP contribution in [-0.2, 0) is 9.31 Å². The van der Waals surface area contributed by atoms with Gasteiger partial charge in [0.1, 0.15) is 0 Å². The second-order valence-corrected chi connectivity index (χ2v) is 6.51. The summed E-state index contributed by atoms with van der Waals surface area (Å²) in [4.78, 5) is 0. The smallest absolute Gasteiger partial charge is 0.402 e. The minimum atomic E-state index is -0.398. The molecule has 0 spiro atoms. The normalized spacial score (nSPS) is 22.6. The van der Waals surface area contributed by atoms with Gasteiger partial charge < -0.3 is 15.0 Å². The minimum absolute atomic E-state index is 0.263. The van der Waals surface area contributed by atoms with E-state index in [4.69, 9.17) is 15.0 Å². The third-order valence-electron chi connectivity index (χ3n) is 4.36. The van der Waals surface area contributed by atoms with Gasteiger partial charge in [-0.25, -0.2) is 0 Å². The molecular weight excluding hydrogens is 237 g/mol. The predicted octanol–water partition coefficient (Wildman–Crippen LogP) is 2.93. The van der Waals surface area contributed by atoms with Gasteiger partial charge in [-0.15, -0.1) is 0 Å². The van der Waals surface area contributed by atoms with Crippen LogP contribution >= 0.6 is 0 Å². The molecule has 0 aromatic heterocycles. The summed E-state index contributed by atoms with van der Waals surface area (Å²) in [5.41, 5.74) is 9.15. The number of aryl methyl sites for hydroxylation is 2. The molecule has 1 unspecified atom stereocenters. The number of rotatable bonds is 2. The lowest BCUT2D eigenvalue weighted by Gasteiger charge is -2.32. The number of hydrogen-bond acceptors (Lipinski definition) is 3. The van der Waals surface area contributed by atoms with E-state index >= 15 is 0 Å². The van der Waals surface area contributed by atoms with Gasteiger partial charge in [-0.05, 0) is 52.7 Å². The molecule has 0 amide bonds. The molecule has 1 fully saturated rings. The summed E-state index contributed by atoms with van der Waals surface area (Å²) in [5.74, 6) is -0.263. The topological polar surface area (TPSA) is 44.5 Å². The molecule has 1 heterocycles. The van der Waals surface area contributed by atoms with Crippen LogP contribution in [0, 0.1) is 13.8 Å². The van der Waals surface area contributed by atoms with Crippen molar-refractivity contribution in [2.24, 2.45) is 5.73 Å². The summed E-state index contributed by atoms with van der Waals surface area (Å²) in [6, 6.07) is 6.30. The molecule has 0 bridgehead atoms. The van der Waals surface area contributed by atoms with Crippen molar-refractivity contribution in [3.05, 3.63) is 34.9 Å². The fourth-order valence-electron chi connectivity index (χ4n) is 2.30. The van der Waals surface area contributed by atoms with E-state index in [0.717, 1.165) is 5.56 Å².